The van der Waals surface area contributed by atoms with E-state index in [9.17, 15) is 0 Å². The van der Waals surface area contributed by atoms with Gasteiger partial charge in [0, 0.05) is 42.6 Å². The molecule has 2 atom stereocenters. The predicted octanol–water partition coefficient (Wildman–Crippen LogP) is 2.34. The number of benzene rings is 1. The first-order chi connectivity index (χ1) is 14.8. The maximum absolute atomic E-state index is 6.23. The van der Waals surface area contributed by atoms with E-state index in [0.29, 0.717) is 12.5 Å². The van der Waals surface area contributed by atoms with Crippen LogP contribution in [0.3, 0.4) is 0 Å². The van der Waals surface area contributed by atoms with Crippen molar-refractivity contribution in [2.75, 3.05) is 38.3 Å². The Kier molecular flexibility index (Phi) is 4.16. The van der Waals surface area contributed by atoms with Gasteiger partial charge in [-0.2, -0.15) is 9.61 Å². The van der Waals surface area contributed by atoms with Gasteiger partial charge in [-0.3, -0.25) is 0 Å². The third kappa shape index (κ3) is 2.69. The number of hydrogen-bond acceptors (Lipinski definition) is 6. The Hall–Kier alpha value is -3.06. The SMILES string of the molecule is COc1cccc2c1OCC1CN(c3c4c(nc5ccnn35)CCNCC4)C1C=C2. The molecule has 2 aromatic heterocycles. The van der Waals surface area contributed by atoms with Gasteiger partial charge in [0.15, 0.2) is 17.1 Å². The molecule has 154 valence electrons. The molecule has 1 saturated heterocycles. The molecule has 7 heteroatoms. The second kappa shape index (κ2) is 7.02. The summed E-state index contributed by atoms with van der Waals surface area (Å²) in [6.07, 6.45) is 8.26. The molecule has 30 heavy (non-hydrogen) atoms. The van der Waals surface area contributed by atoms with Crippen LogP contribution >= 0.6 is 0 Å². The van der Waals surface area contributed by atoms with Crippen molar-refractivity contribution in [2.24, 2.45) is 5.92 Å². The van der Waals surface area contributed by atoms with Crippen molar-refractivity contribution in [1.29, 1.82) is 0 Å². The molecule has 1 fully saturated rings. The Morgan fingerprint density at radius 3 is 3.07 bits per heavy atom. The van der Waals surface area contributed by atoms with E-state index < -0.39 is 0 Å². The number of ether oxygens (including phenoxy) is 2. The van der Waals surface area contributed by atoms with E-state index in [4.69, 9.17) is 14.5 Å². The van der Waals surface area contributed by atoms with Gasteiger partial charge >= 0.3 is 0 Å². The highest BCUT2D eigenvalue weighted by atomic mass is 16.5. The summed E-state index contributed by atoms with van der Waals surface area (Å²) in [7, 11) is 1.69. The molecule has 1 N–H and O–H groups in total. The summed E-state index contributed by atoms with van der Waals surface area (Å²) in [6, 6.07) is 8.31. The molecule has 3 aliphatic heterocycles. The van der Waals surface area contributed by atoms with Gasteiger partial charge in [0.05, 0.1) is 31.6 Å². The van der Waals surface area contributed by atoms with Crippen LogP contribution in [0.15, 0.2) is 36.5 Å². The molecular formula is C23H25N5O2. The van der Waals surface area contributed by atoms with Crippen LogP contribution in [0.25, 0.3) is 11.7 Å². The first-order valence-electron chi connectivity index (χ1n) is 10.6. The monoisotopic (exact) mass is 403 g/mol. The Balaban J connectivity index is 1.42. The van der Waals surface area contributed by atoms with Crippen molar-refractivity contribution >= 4 is 17.5 Å². The van der Waals surface area contributed by atoms with E-state index in [1.54, 1.807) is 7.11 Å². The van der Waals surface area contributed by atoms with E-state index in [2.05, 4.69) is 33.5 Å². The van der Waals surface area contributed by atoms with Gasteiger partial charge in [-0.15, -0.1) is 0 Å². The number of methoxy groups -OCH3 is 1. The lowest BCUT2D eigenvalue weighted by Crippen LogP contribution is -2.58. The van der Waals surface area contributed by atoms with Crippen molar-refractivity contribution in [3.05, 3.63) is 53.4 Å². The van der Waals surface area contributed by atoms with Gasteiger partial charge in [0.25, 0.3) is 0 Å². The average Bonchev–Trinajstić information content (AvgIpc) is 3.08. The Morgan fingerprint density at radius 2 is 2.13 bits per heavy atom. The smallest absolute Gasteiger partial charge is 0.168 e. The Bertz CT molecular complexity index is 1140. The van der Waals surface area contributed by atoms with Crippen molar-refractivity contribution < 1.29 is 9.47 Å². The predicted molar refractivity (Wildman–Crippen MR) is 115 cm³/mol. The summed E-state index contributed by atoms with van der Waals surface area (Å²) < 4.78 is 13.7. The third-order valence-corrected chi connectivity index (χ3v) is 6.47. The molecule has 5 heterocycles. The first kappa shape index (κ1) is 17.8. The van der Waals surface area contributed by atoms with Crippen LogP contribution in [0.4, 0.5) is 5.82 Å². The fourth-order valence-electron chi connectivity index (χ4n) is 4.92. The highest BCUT2D eigenvalue weighted by Gasteiger charge is 2.41. The highest BCUT2D eigenvalue weighted by molar-refractivity contribution is 5.66. The zero-order valence-corrected chi connectivity index (χ0v) is 17.0. The molecule has 0 radical (unpaired) electrons. The summed E-state index contributed by atoms with van der Waals surface area (Å²) in [5.74, 6) is 3.25. The normalized spacial score (nSPS) is 22.6. The molecule has 0 saturated carbocycles. The summed E-state index contributed by atoms with van der Waals surface area (Å²) in [6.45, 7) is 3.57. The van der Waals surface area contributed by atoms with E-state index in [0.717, 1.165) is 55.2 Å². The van der Waals surface area contributed by atoms with Crippen LogP contribution in [-0.4, -0.2) is 54.0 Å². The fourth-order valence-corrected chi connectivity index (χ4v) is 4.92. The molecule has 1 aromatic carbocycles. The van der Waals surface area contributed by atoms with E-state index in [-0.39, 0.29) is 6.04 Å². The number of hydrogen-bond donors (Lipinski definition) is 1. The minimum Gasteiger partial charge on any atom is -0.493 e. The van der Waals surface area contributed by atoms with Crippen LogP contribution in [0.2, 0.25) is 0 Å². The minimum absolute atomic E-state index is 0.277. The van der Waals surface area contributed by atoms with Crippen LogP contribution in [0.1, 0.15) is 16.8 Å². The standard InChI is InChI=1S/C23H25N5O2/c1-29-20-4-2-3-15-5-6-19-16(14-30-22(15)20)13-27(19)23-17-7-10-24-11-8-18(17)26-21-9-12-25-28(21)23/h2-6,9,12,16,19,24H,7-8,10-11,13-14H2,1H3. The molecule has 0 amide bonds. The molecule has 2 unspecified atom stereocenters. The summed E-state index contributed by atoms with van der Waals surface area (Å²) in [5.41, 5.74) is 4.51. The van der Waals surface area contributed by atoms with E-state index in [1.807, 2.05) is 28.9 Å². The maximum atomic E-state index is 6.23. The maximum Gasteiger partial charge on any atom is 0.168 e. The summed E-state index contributed by atoms with van der Waals surface area (Å²) in [5, 5.41) is 8.12. The molecule has 7 nitrogen and oxygen atoms in total. The number of anilines is 1. The van der Waals surface area contributed by atoms with Gasteiger partial charge in [-0.05, 0) is 19.0 Å². The van der Waals surface area contributed by atoms with Crippen molar-refractivity contribution in [1.82, 2.24) is 19.9 Å². The van der Waals surface area contributed by atoms with Gasteiger partial charge < -0.3 is 19.7 Å². The molecular weight excluding hydrogens is 378 g/mol. The van der Waals surface area contributed by atoms with Crippen molar-refractivity contribution in [2.45, 2.75) is 18.9 Å². The summed E-state index contributed by atoms with van der Waals surface area (Å²) >= 11 is 0. The van der Waals surface area contributed by atoms with Crippen molar-refractivity contribution in [3.63, 3.8) is 0 Å². The zero-order valence-electron chi connectivity index (χ0n) is 17.0. The van der Waals surface area contributed by atoms with E-state index in [1.165, 1.54) is 17.1 Å². The van der Waals surface area contributed by atoms with Gasteiger partial charge in [0.2, 0.25) is 0 Å². The number of aromatic nitrogens is 3. The molecule has 0 bridgehead atoms. The third-order valence-electron chi connectivity index (χ3n) is 6.47. The lowest BCUT2D eigenvalue weighted by Gasteiger charge is -2.49. The zero-order chi connectivity index (χ0) is 20.1. The van der Waals surface area contributed by atoms with Gasteiger partial charge in [-0.25, -0.2) is 4.98 Å². The first-order valence-corrected chi connectivity index (χ1v) is 10.6. The Labute approximate surface area is 175 Å². The van der Waals surface area contributed by atoms with Gasteiger partial charge in [-0.1, -0.05) is 24.3 Å². The van der Waals surface area contributed by atoms with Crippen molar-refractivity contribution in [3.8, 4) is 11.5 Å². The molecule has 3 aromatic rings. The lowest BCUT2D eigenvalue weighted by atomic mass is 9.86. The summed E-state index contributed by atoms with van der Waals surface area (Å²) in [4.78, 5) is 7.37. The van der Waals surface area contributed by atoms with Crippen LogP contribution in [0.5, 0.6) is 11.5 Å². The molecule has 0 spiro atoms. The number of fused-ring (bicyclic) bond motifs is 4. The fraction of sp³-hybridized carbons (Fsp3) is 0.391. The number of rotatable bonds is 2. The topological polar surface area (TPSA) is 63.9 Å². The molecule has 0 aliphatic carbocycles. The quantitative estimate of drug-likeness (QED) is 0.709. The van der Waals surface area contributed by atoms with Crippen LogP contribution in [0, 0.1) is 5.92 Å². The second-order valence-electron chi connectivity index (χ2n) is 8.16. The number of nitrogens with zero attached hydrogens (tertiary/aromatic N) is 4. The highest BCUT2D eigenvalue weighted by Crippen LogP contribution is 2.40. The number of para-hydroxylation sites is 1. The molecule has 6 rings (SSSR count). The van der Waals surface area contributed by atoms with E-state index >= 15 is 0 Å². The van der Waals surface area contributed by atoms with Crippen LogP contribution < -0.4 is 19.7 Å². The lowest BCUT2D eigenvalue weighted by molar-refractivity contribution is 0.186. The largest absolute Gasteiger partial charge is 0.493 e. The van der Waals surface area contributed by atoms with Crippen LogP contribution in [-0.2, 0) is 12.8 Å². The number of nitrogens with one attached hydrogen (secondary N) is 1. The minimum atomic E-state index is 0.277. The Morgan fingerprint density at radius 1 is 1.20 bits per heavy atom. The van der Waals surface area contributed by atoms with Gasteiger partial charge in [0.1, 0.15) is 5.82 Å². The average molecular weight is 403 g/mol. The molecule has 3 aliphatic rings. The second-order valence-corrected chi connectivity index (χ2v) is 8.16.